The van der Waals surface area contributed by atoms with E-state index >= 15 is 0 Å². The lowest BCUT2D eigenvalue weighted by molar-refractivity contribution is 1.15. The summed E-state index contributed by atoms with van der Waals surface area (Å²) in [6, 6.07) is 9.87. The van der Waals surface area contributed by atoms with E-state index in [2.05, 4.69) is 33.3 Å². The summed E-state index contributed by atoms with van der Waals surface area (Å²) >= 11 is 6.09. The normalized spacial score (nSPS) is 10.6. The molecule has 2 heterocycles. The highest BCUT2D eigenvalue weighted by atomic mass is 35.5. The molecule has 0 atom stereocenters. The molecule has 2 N–H and O–H groups in total. The highest BCUT2D eigenvalue weighted by Crippen LogP contribution is 2.29. The predicted octanol–water partition coefficient (Wildman–Crippen LogP) is 4.14. The van der Waals surface area contributed by atoms with Crippen LogP contribution in [0.15, 0.2) is 42.9 Å². The number of aromatic amines is 1. The number of hydrogen-bond acceptors (Lipinski definition) is 3. The summed E-state index contributed by atoms with van der Waals surface area (Å²) in [6.07, 6.45) is 3.52. The minimum Gasteiger partial charge on any atom is -0.373 e. The first-order chi connectivity index (χ1) is 10.2. The van der Waals surface area contributed by atoms with Crippen molar-refractivity contribution in [2.45, 2.75) is 6.92 Å². The van der Waals surface area contributed by atoms with E-state index in [9.17, 15) is 0 Å². The number of H-pyrrole nitrogens is 1. The van der Waals surface area contributed by atoms with Gasteiger partial charge in [0.05, 0.1) is 11.4 Å². The molecule has 0 spiro atoms. The topological polar surface area (TPSA) is 53.6 Å². The van der Waals surface area contributed by atoms with Gasteiger partial charge in [-0.25, -0.2) is 9.97 Å². The van der Waals surface area contributed by atoms with Crippen molar-refractivity contribution in [1.82, 2.24) is 15.0 Å². The molecule has 0 amide bonds. The van der Waals surface area contributed by atoms with Gasteiger partial charge in [-0.05, 0) is 36.2 Å². The van der Waals surface area contributed by atoms with Crippen LogP contribution in [0.3, 0.4) is 0 Å². The molecular formula is C16H15ClN4. The summed E-state index contributed by atoms with van der Waals surface area (Å²) in [7, 11) is 1.83. The zero-order chi connectivity index (χ0) is 14.8. The molecule has 0 saturated carbocycles. The zero-order valence-electron chi connectivity index (χ0n) is 11.8. The fraction of sp³-hybridized carbons (Fsp3) is 0.125. The Hall–Kier alpha value is -2.33. The smallest absolute Gasteiger partial charge is 0.129 e. The van der Waals surface area contributed by atoms with Crippen molar-refractivity contribution in [3.8, 4) is 22.5 Å². The third-order valence-electron chi connectivity index (χ3n) is 3.39. The van der Waals surface area contributed by atoms with Crippen molar-refractivity contribution >= 4 is 17.4 Å². The first kappa shape index (κ1) is 13.6. The second kappa shape index (κ2) is 5.58. The Morgan fingerprint density at radius 2 is 2.00 bits per heavy atom. The number of rotatable bonds is 3. The Bertz CT molecular complexity index is 779. The number of nitrogens with zero attached hydrogens (tertiary/aromatic N) is 2. The molecule has 4 nitrogen and oxygen atoms in total. The summed E-state index contributed by atoms with van der Waals surface area (Å²) in [6.45, 7) is 2.07. The molecule has 106 valence electrons. The Balaban J connectivity index is 2.01. The van der Waals surface area contributed by atoms with Crippen LogP contribution >= 0.6 is 11.6 Å². The summed E-state index contributed by atoms with van der Waals surface area (Å²) < 4.78 is 0. The molecule has 0 aliphatic carbocycles. The minimum atomic E-state index is 0.734. The van der Waals surface area contributed by atoms with Crippen LogP contribution in [0.1, 0.15) is 5.56 Å². The van der Waals surface area contributed by atoms with E-state index < -0.39 is 0 Å². The Morgan fingerprint density at radius 1 is 1.14 bits per heavy atom. The van der Waals surface area contributed by atoms with Crippen LogP contribution in [0.4, 0.5) is 5.82 Å². The van der Waals surface area contributed by atoms with Crippen molar-refractivity contribution in [3.63, 3.8) is 0 Å². The third-order valence-corrected chi connectivity index (χ3v) is 3.63. The van der Waals surface area contributed by atoms with Gasteiger partial charge < -0.3 is 10.3 Å². The van der Waals surface area contributed by atoms with Gasteiger partial charge in [0.1, 0.15) is 12.1 Å². The van der Waals surface area contributed by atoms with Crippen molar-refractivity contribution in [2.75, 3.05) is 12.4 Å². The van der Waals surface area contributed by atoms with E-state index in [1.807, 2.05) is 37.5 Å². The van der Waals surface area contributed by atoms with E-state index in [4.69, 9.17) is 11.6 Å². The second-order valence-corrected chi connectivity index (χ2v) is 5.24. The van der Waals surface area contributed by atoms with Crippen LogP contribution in [0.5, 0.6) is 0 Å². The molecular weight excluding hydrogens is 284 g/mol. The van der Waals surface area contributed by atoms with E-state index in [-0.39, 0.29) is 0 Å². The van der Waals surface area contributed by atoms with Crippen LogP contribution in [0, 0.1) is 6.92 Å². The summed E-state index contributed by atoms with van der Waals surface area (Å²) in [5.41, 5.74) is 5.19. The van der Waals surface area contributed by atoms with Crippen LogP contribution in [-0.4, -0.2) is 22.0 Å². The lowest BCUT2D eigenvalue weighted by Gasteiger charge is -2.03. The first-order valence-corrected chi connectivity index (χ1v) is 7.00. The number of anilines is 1. The number of aryl methyl sites for hydroxylation is 1. The summed E-state index contributed by atoms with van der Waals surface area (Å²) in [5, 5.41) is 3.74. The maximum atomic E-state index is 6.09. The average Bonchev–Trinajstić information content (AvgIpc) is 2.99. The van der Waals surface area contributed by atoms with Gasteiger partial charge in [-0.1, -0.05) is 17.7 Å². The van der Waals surface area contributed by atoms with Gasteiger partial charge in [0.15, 0.2) is 0 Å². The maximum absolute atomic E-state index is 6.09. The molecule has 5 heteroatoms. The Labute approximate surface area is 128 Å². The number of halogens is 1. The third kappa shape index (κ3) is 2.76. The second-order valence-electron chi connectivity index (χ2n) is 4.80. The van der Waals surface area contributed by atoms with Crippen molar-refractivity contribution in [3.05, 3.63) is 53.4 Å². The number of aromatic nitrogens is 3. The van der Waals surface area contributed by atoms with Gasteiger partial charge in [-0.3, -0.25) is 0 Å². The fourth-order valence-electron chi connectivity index (χ4n) is 2.24. The highest BCUT2D eigenvalue weighted by Gasteiger charge is 2.08. The molecule has 3 aromatic rings. The van der Waals surface area contributed by atoms with Gasteiger partial charge in [0, 0.05) is 29.9 Å². The van der Waals surface area contributed by atoms with Crippen LogP contribution in [0.2, 0.25) is 5.02 Å². The van der Waals surface area contributed by atoms with Gasteiger partial charge >= 0.3 is 0 Å². The van der Waals surface area contributed by atoms with Gasteiger partial charge in [0.2, 0.25) is 0 Å². The molecule has 0 radical (unpaired) electrons. The standard InChI is InChI=1S/C16H15ClN4/c1-10-3-4-12(17)6-13(10)11-5-14(19-8-11)15-7-16(18-2)21-9-20-15/h3-9,19H,1-2H3,(H,18,20,21). The van der Waals surface area contributed by atoms with E-state index in [1.54, 1.807) is 6.33 Å². The van der Waals surface area contributed by atoms with Gasteiger partial charge in [0.25, 0.3) is 0 Å². The van der Waals surface area contributed by atoms with Gasteiger partial charge in [-0.2, -0.15) is 0 Å². The van der Waals surface area contributed by atoms with Crippen molar-refractivity contribution in [2.24, 2.45) is 0 Å². The molecule has 0 unspecified atom stereocenters. The summed E-state index contributed by atoms with van der Waals surface area (Å²) in [4.78, 5) is 11.7. The largest absolute Gasteiger partial charge is 0.373 e. The predicted molar refractivity (Wildman–Crippen MR) is 86.5 cm³/mol. The number of nitrogens with one attached hydrogen (secondary N) is 2. The number of hydrogen-bond donors (Lipinski definition) is 2. The molecule has 2 aromatic heterocycles. The Kier molecular flexibility index (Phi) is 3.62. The van der Waals surface area contributed by atoms with Crippen LogP contribution in [0.25, 0.3) is 22.5 Å². The monoisotopic (exact) mass is 298 g/mol. The molecule has 21 heavy (non-hydrogen) atoms. The zero-order valence-corrected chi connectivity index (χ0v) is 12.6. The highest BCUT2D eigenvalue weighted by molar-refractivity contribution is 6.30. The Morgan fingerprint density at radius 3 is 2.81 bits per heavy atom. The van der Waals surface area contributed by atoms with Crippen LogP contribution < -0.4 is 5.32 Å². The maximum Gasteiger partial charge on any atom is 0.129 e. The molecule has 0 bridgehead atoms. The lowest BCUT2D eigenvalue weighted by atomic mass is 10.0. The molecule has 0 aliphatic heterocycles. The summed E-state index contributed by atoms with van der Waals surface area (Å²) in [5.74, 6) is 0.787. The lowest BCUT2D eigenvalue weighted by Crippen LogP contribution is -1.94. The van der Waals surface area contributed by atoms with E-state index in [1.165, 1.54) is 5.56 Å². The first-order valence-electron chi connectivity index (χ1n) is 6.62. The van der Waals surface area contributed by atoms with Crippen molar-refractivity contribution in [1.29, 1.82) is 0 Å². The molecule has 1 aromatic carbocycles. The quantitative estimate of drug-likeness (QED) is 0.764. The number of benzene rings is 1. The average molecular weight is 299 g/mol. The van der Waals surface area contributed by atoms with Crippen molar-refractivity contribution < 1.29 is 0 Å². The molecule has 3 rings (SSSR count). The molecule has 0 saturated heterocycles. The fourth-order valence-corrected chi connectivity index (χ4v) is 2.42. The minimum absolute atomic E-state index is 0.734. The molecule has 0 fully saturated rings. The van der Waals surface area contributed by atoms with E-state index in [0.717, 1.165) is 33.4 Å². The molecule has 0 aliphatic rings. The SMILES string of the molecule is CNc1cc(-c2cc(-c3cc(Cl)ccc3C)c[nH]2)ncn1. The van der Waals surface area contributed by atoms with E-state index in [0.29, 0.717) is 0 Å². The van der Waals surface area contributed by atoms with Gasteiger partial charge in [-0.15, -0.1) is 0 Å². The van der Waals surface area contributed by atoms with Crippen LogP contribution in [-0.2, 0) is 0 Å².